The van der Waals surface area contributed by atoms with Gasteiger partial charge in [0.25, 0.3) is 0 Å². The van der Waals surface area contributed by atoms with Gasteiger partial charge in [-0.15, -0.1) is 0 Å². The van der Waals surface area contributed by atoms with Crippen molar-refractivity contribution in [2.24, 2.45) is 0 Å². The van der Waals surface area contributed by atoms with Crippen LogP contribution < -0.4 is 0 Å². The van der Waals surface area contributed by atoms with Crippen LogP contribution in [0.4, 0.5) is 0 Å². The summed E-state index contributed by atoms with van der Waals surface area (Å²) in [5, 5.41) is 0. The average Bonchev–Trinajstić information content (AvgIpc) is 3.27. The number of methoxy groups -OCH3 is 1. The van der Waals surface area contributed by atoms with Crippen molar-refractivity contribution in [2.75, 3.05) is 13.7 Å². The Hall–Kier alpha value is -0.980. The summed E-state index contributed by atoms with van der Waals surface area (Å²) in [4.78, 5) is 0. The molecule has 0 radical (unpaired) electrons. The third kappa shape index (κ3) is 1.98. The normalized spacial score (nSPS) is 44.3. The van der Waals surface area contributed by atoms with Crippen molar-refractivity contribution < 1.29 is 23.7 Å². The summed E-state index contributed by atoms with van der Waals surface area (Å²) >= 11 is 0. The molecule has 3 heterocycles. The van der Waals surface area contributed by atoms with E-state index in [-0.39, 0.29) is 37.0 Å². The highest BCUT2D eigenvalue weighted by atomic mass is 16.8. The molecule has 19 heavy (non-hydrogen) atoms. The number of hydrogen-bond donors (Lipinski definition) is 0. The van der Waals surface area contributed by atoms with Crippen LogP contribution >= 0.6 is 0 Å². The monoisotopic (exact) mass is 264 g/mol. The third-order valence-electron chi connectivity index (χ3n) is 3.83. The Balaban J connectivity index is 1.50. The van der Waals surface area contributed by atoms with Gasteiger partial charge in [0.2, 0.25) is 0 Å². The van der Waals surface area contributed by atoms with Gasteiger partial charge in [-0.25, -0.2) is 0 Å². The SMILES string of the molecule is CO[C@H]1O[C@@H]2CO[C@@H](c3ccccc3)O[C@H]2[C@@H]2O[C@@H]12. The maximum Gasteiger partial charge on any atom is 0.186 e. The first-order valence-electron chi connectivity index (χ1n) is 6.52. The molecule has 3 aliphatic heterocycles. The average molecular weight is 264 g/mol. The van der Waals surface area contributed by atoms with Gasteiger partial charge in [0.1, 0.15) is 24.4 Å². The van der Waals surface area contributed by atoms with E-state index >= 15 is 0 Å². The van der Waals surface area contributed by atoms with Crippen molar-refractivity contribution >= 4 is 0 Å². The molecule has 0 spiro atoms. The molecule has 5 nitrogen and oxygen atoms in total. The largest absolute Gasteiger partial charge is 0.361 e. The first-order chi connectivity index (χ1) is 9.36. The standard InChI is InChI=1S/C14H16O5/c1-15-14-12-11(18-12)10-9(17-14)7-16-13(19-10)8-5-3-2-4-6-8/h2-6,9-14H,7H2,1H3/t9-,10-,11+,12-,13-,14+/m1/s1. The zero-order valence-electron chi connectivity index (χ0n) is 10.6. The summed E-state index contributed by atoms with van der Waals surface area (Å²) in [5.41, 5.74) is 1.02. The van der Waals surface area contributed by atoms with Gasteiger partial charge < -0.3 is 23.7 Å². The molecule has 0 aromatic heterocycles. The molecular formula is C14H16O5. The second-order valence-electron chi connectivity index (χ2n) is 5.02. The van der Waals surface area contributed by atoms with Crippen LogP contribution in [0.15, 0.2) is 30.3 Å². The molecule has 1 aromatic rings. The predicted octanol–water partition coefficient (Wildman–Crippen LogP) is 1.24. The van der Waals surface area contributed by atoms with Crippen molar-refractivity contribution in [3.05, 3.63) is 35.9 Å². The van der Waals surface area contributed by atoms with E-state index in [1.54, 1.807) is 7.11 Å². The molecule has 3 saturated heterocycles. The smallest absolute Gasteiger partial charge is 0.186 e. The molecule has 102 valence electrons. The van der Waals surface area contributed by atoms with Crippen molar-refractivity contribution in [1.82, 2.24) is 0 Å². The van der Waals surface area contributed by atoms with Crippen molar-refractivity contribution in [1.29, 1.82) is 0 Å². The Morgan fingerprint density at radius 1 is 1.00 bits per heavy atom. The molecule has 0 amide bonds. The number of fused-ring (bicyclic) bond motifs is 3. The molecule has 3 aliphatic rings. The Morgan fingerprint density at radius 2 is 1.84 bits per heavy atom. The molecule has 6 atom stereocenters. The Labute approximate surface area is 111 Å². The Morgan fingerprint density at radius 3 is 2.63 bits per heavy atom. The zero-order valence-corrected chi connectivity index (χ0v) is 10.6. The minimum absolute atomic E-state index is 0.000716. The van der Waals surface area contributed by atoms with E-state index < -0.39 is 0 Å². The highest BCUT2D eigenvalue weighted by molar-refractivity contribution is 5.17. The van der Waals surface area contributed by atoms with E-state index in [2.05, 4.69) is 0 Å². The summed E-state index contributed by atoms with van der Waals surface area (Å²) in [5.74, 6) is 0. The molecule has 4 rings (SSSR count). The van der Waals surface area contributed by atoms with E-state index in [0.29, 0.717) is 6.61 Å². The topological polar surface area (TPSA) is 49.5 Å². The second kappa shape index (κ2) is 4.54. The fourth-order valence-electron chi connectivity index (χ4n) is 2.80. The van der Waals surface area contributed by atoms with Crippen LogP contribution in [0.3, 0.4) is 0 Å². The molecule has 3 fully saturated rings. The van der Waals surface area contributed by atoms with Gasteiger partial charge in [-0.05, 0) is 0 Å². The van der Waals surface area contributed by atoms with E-state index in [1.807, 2.05) is 30.3 Å². The Bertz CT molecular complexity index is 450. The lowest BCUT2D eigenvalue weighted by Crippen LogP contribution is -2.52. The van der Waals surface area contributed by atoms with Crippen LogP contribution in [-0.2, 0) is 23.7 Å². The highest BCUT2D eigenvalue weighted by Gasteiger charge is 2.60. The maximum atomic E-state index is 6.00. The number of hydrogen-bond acceptors (Lipinski definition) is 5. The fraction of sp³-hybridized carbons (Fsp3) is 0.571. The predicted molar refractivity (Wildman–Crippen MR) is 64.3 cm³/mol. The molecule has 0 N–H and O–H groups in total. The number of benzene rings is 1. The van der Waals surface area contributed by atoms with Gasteiger partial charge in [-0.1, -0.05) is 30.3 Å². The second-order valence-corrected chi connectivity index (χ2v) is 5.02. The molecule has 0 unspecified atom stereocenters. The van der Waals surface area contributed by atoms with Crippen LogP contribution in [0.5, 0.6) is 0 Å². The van der Waals surface area contributed by atoms with Gasteiger partial charge in [-0.2, -0.15) is 0 Å². The molecule has 0 saturated carbocycles. The third-order valence-corrected chi connectivity index (χ3v) is 3.83. The molecular weight excluding hydrogens is 248 g/mol. The lowest BCUT2D eigenvalue weighted by Gasteiger charge is -2.39. The van der Waals surface area contributed by atoms with Gasteiger partial charge in [0.15, 0.2) is 12.6 Å². The fourth-order valence-corrected chi connectivity index (χ4v) is 2.80. The zero-order chi connectivity index (χ0) is 12.8. The van der Waals surface area contributed by atoms with Gasteiger partial charge >= 0.3 is 0 Å². The molecule has 5 heteroatoms. The highest BCUT2D eigenvalue weighted by Crippen LogP contribution is 2.43. The van der Waals surface area contributed by atoms with Crippen LogP contribution in [0.1, 0.15) is 11.9 Å². The maximum absolute atomic E-state index is 6.00. The van der Waals surface area contributed by atoms with Crippen molar-refractivity contribution in [2.45, 2.75) is 37.0 Å². The number of rotatable bonds is 2. The minimum atomic E-state index is -0.338. The first-order valence-corrected chi connectivity index (χ1v) is 6.52. The molecule has 0 bridgehead atoms. The van der Waals surface area contributed by atoms with Crippen LogP contribution in [-0.4, -0.2) is 44.4 Å². The van der Waals surface area contributed by atoms with Gasteiger partial charge in [0.05, 0.1) is 6.61 Å². The first kappa shape index (κ1) is 11.8. The summed E-state index contributed by atoms with van der Waals surface area (Å²) in [7, 11) is 1.63. The van der Waals surface area contributed by atoms with E-state index in [9.17, 15) is 0 Å². The van der Waals surface area contributed by atoms with Crippen molar-refractivity contribution in [3.8, 4) is 0 Å². The number of ether oxygens (including phenoxy) is 5. The van der Waals surface area contributed by atoms with E-state index in [4.69, 9.17) is 23.7 Å². The quantitative estimate of drug-likeness (QED) is 0.752. The lowest BCUT2D eigenvalue weighted by atomic mass is 10.0. The number of epoxide rings is 1. The van der Waals surface area contributed by atoms with E-state index in [0.717, 1.165) is 5.56 Å². The van der Waals surface area contributed by atoms with Crippen LogP contribution in [0.25, 0.3) is 0 Å². The summed E-state index contributed by atoms with van der Waals surface area (Å²) in [6.45, 7) is 0.497. The van der Waals surface area contributed by atoms with Gasteiger partial charge in [0, 0.05) is 12.7 Å². The summed E-state index contributed by atoms with van der Waals surface area (Å²) in [6, 6.07) is 9.92. The van der Waals surface area contributed by atoms with Crippen LogP contribution in [0, 0.1) is 0 Å². The van der Waals surface area contributed by atoms with E-state index in [1.165, 1.54) is 0 Å². The van der Waals surface area contributed by atoms with Crippen molar-refractivity contribution in [3.63, 3.8) is 0 Å². The molecule has 0 aliphatic carbocycles. The van der Waals surface area contributed by atoms with Crippen LogP contribution in [0.2, 0.25) is 0 Å². The summed E-state index contributed by atoms with van der Waals surface area (Å²) < 4.78 is 28.4. The molecule has 1 aromatic carbocycles. The summed E-state index contributed by atoms with van der Waals surface area (Å²) in [6.07, 6.45) is -0.759. The lowest BCUT2D eigenvalue weighted by molar-refractivity contribution is -0.304. The Kier molecular flexibility index (Phi) is 2.82. The van der Waals surface area contributed by atoms with Gasteiger partial charge in [-0.3, -0.25) is 0 Å². The minimum Gasteiger partial charge on any atom is -0.361 e.